The van der Waals surface area contributed by atoms with Crippen molar-refractivity contribution in [3.63, 3.8) is 0 Å². The van der Waals surface area contributed by atoms with Crippen molar-refractivity contribution < 1.29 is 0 Å². The van der Waals surface area contributed by atoms with Crippen molar-refractivity contribution in [3.8, 4) is 5.69 Å². The summed E-state index contributed by atoms with van der Waals surface area (Å²) in [6.07, 6.45) is 1.72. The van der Waals surface area contributed by atoms with Crippen LogP contribution in [-0.2, 0) is 0 Å². The summed E-state index contributed by atoms with van der Waals surface area (Å²) >= 11 is 3.41. The zero-order chi connectivity index (χ0) is 17.1. The smallest absolute Gasteiger partial charge is 0.244 e. The van der Waals surface area contributed by atoms with E-state index in [0.717, 1.165) is 26.5 Å². The van der Waals surface area contributed by atoms with Crippen LogP contribution in [0.25, 0.3) is 16.5 Å². The largest absolute Gasteiger partial charge is 0.268 e. The summed E-state index contributed by atoms with van der Waals surface area (Å²) in [6.45, 7) is 0. The first-order chi connectivity index (χ1) is 12.3. The predicted molar refractivity (Wildman–Crippen MR) is 102 cm³/mol. The molecule has 25 heavy (non-hydrogen) atoms. The van der Waals surface area contributed by atoms with Crippen molar-refractivity contribution >= 4 is 38.9 Å². The third kappa shape index (κ3) is 3.27. The number of hydrogen-bond acceptors (Lipinski definition) is 5. The molecule has 0 fully saturated rings. The standard InChI is InChI=1S/C18H13BrN6/c19-15-10-8-13(9-11-15)12-20-21-18-22-23-24-25(18)17-7-3-5-14-4-1-2-6-16(14)17/h1-12H,(H,21,22,24)/b20-12+. The molecule has 122 valence electrons. The van der Waals surface area contributed by atoms with E-state index in [1.54, 1.807) is 10.9 Å². The Morgan fingerprint density at radius 3 is 2.64 bits per heavy atom. The van der Waals surface area contributed by atoms with Gasteiger partial charge in [-0.05, 0) is 39.6 Å². The van der Waals surface area contributed by atoms with Gasteiger partial charge in [-0.2, -0.15) is 9.78 Å². The van der Waals surface area contributed by atoms with E-state index in [1.807, 2.05) is 54.6 Å². The second-order valence-electron chi connectivity index (χ2n) is 5.33. The van der Waals surface area contributed by atoms with Crippen molar-refractivity contribution in [3.05, 3.63) is 76.8 Å². The minimum absolute atomic E-state index is 0.449. The number of anilines is 1. The minimum atomic E-state index is 0.449. The molecule has 4 rings (SSSR count). The van der Waals surface area contributed by atoms with E-state index in [4.69, 9.17) is 0 Å². The van der Waals surface area contributed by atoms with Gasteiger partial charge in [-0.3, -0.25) is 0 Å². The Morgan fingerprint density at radius 1 is 0.960 bits per heavy atom. The molecule has 0 bridgehead atoms. The molecular weight excluding hydrogens is 380 g/mol. The Balaban J connectivity index is 1.63. The predicted octanol–water partition coefficient (Wildman–Crippen LogP) is 4.02. The van der Waals surface area contributed by atoms with E-state index in [2.05, 4.69) is 54.1 Å². The van der Waals surface area contributed by atoms with Crippen LogP contribution in [0.15, 0.2) is 76.3 Å². The number of nitrogens with one attached hydrogen (secondary N) is 1. The van der Waals surface area contributed by atoms with E-state index in [1.165, 1.54) is 0 Å². The summed E-state index contributed by atoms with van der Waals surface area (Å²) in [5, 5.41) is 18.3. The molecule has 0 unspecified atom stereocenters. The van der Waals surface area contributed by atoms with Gasteiger partial charge in [-0.1, -0.05) is 69.6 Å². The van der Waals surface area contributed by atoms with Gasteiger partial charge in [0.25, 0.3) is 5.95 Å². The van der Waals surface area contributed by atoms with Crippen molar-refractivity contribution in [1.29, 1.82) is 0 Å². The number of tetrazole rings is 1. The minimum Gasteiger partial charge on any atom is -0.244 e. The second-order valence-corrected chi connectivity index (χ2v) is 6.25. The van der Waals surface area contributed by atoms with Gasteiger partial charge in [0, 0.05) is 9.86 Å². The highest BCUT2D eigenvalue weighted by molar-refractivity contribution is 9.10. The lowest BCUT2D eigenvalue weighted by Crippen LogP contribution is -2.04. The third-order valence-electron chi connectivity index (χ3n) is 3.71. The van der Waals surface area contributed by atoms with Crippen LogP contribution in [0.5, 0.6) is 0 Å². The number of hydrazone groups is 1. The van der Waals surface area contributed by atoms with Crippen LogP contribution < -0.4 is 5.43 Å². The maximum atomic E-state index is 4.23. The quantitative estimate of drug-likeness (QED) is 0.420. The number of halogens is 1. The summed E-state index contributed by atoms with van der Waals surface area (Å²) in [6, 6.07) is 22.0. The molecule has 0 aliphatic rings. The lowest BCUT2D eigenvalue weighted by molar-refractivity contribution is 0.794. The van der Waals surface area contributed by atoms with Gasteiger partial charge >= 0.3 is 0 Å². The highest BCUT2D eigenvalue weighted by Crippen LogP contribution is 2.23. The van der Waals surface area contributed by atoms with Gasteiger partial charge in [0.15, 0.2) is 0 Å². The summed E-state index contributed by atoms with van der Waals surface area (Å²) < 4.78 is 2.67. The number of hydrogen-bond donors (Lipinski definition) is 1. The van der Waals surface area contributed by atoms with Crippen molar-refractivity contribution in [2.75, 3.05) is 5.43 Å². The van der Waals surface area contributed by atoms with Gasteiger partial charge in [0.2, 0.25) is 0 Å². The molecule has 0 atom stereocenters. The summed E-state index contributed by atoms with van der Waals surface area (Å²) in [7, 11) is 0. The van der Waals surface area contributed by atoms with Gasteiger partial charge in [0.05, 0.1) is 11.9 Å². The van der Waals surface area contributed by atoms with Crippen molar-refractivity contribution in [2.45, 2.75) is 0 Å². The molecule has 0 aliphatic carbocycles. The lowest BCUT2D eigenvalue weighted by Gasteiger charge is -2.07. The lowest BCUT2D eigenvalue weighted by atomic mass is 10.1. The molecule has 1 N–H and O–H groups in total. The van der Waals surface area contributed by atoms with E-state index in [9.17, 15) is 0 Å². The number of nitrogens with zero attached hydrogens (tertiary/aromatic N) is 5. The van der Waals surface area contributed by atoms with E-state index in [0.29, 0.717) is 5.95 Å². The molecule has 6 nitrogen and oxygen atoms in total. The molecule has 1 heterocycles. The molecule has 0 spiro atoms. The van der Waals surface area contributed by atoms with E-state index < -0.39 is 0 Å². The highest BCUT2D eigenvalue weighted by atomic mass is 79.9. The van der Waals surface area contributed by atoms with Crippen LogP contribution in [0.1, 0.15) is 5.56 Å². The topological polar surface area (TPSA) is 68.0 Å². The fourth-order valence-electron chi connectivity index (χ4n) is 2.53. The molecule has 0 aliphatic heterocycles. The number of aromatic nitrogens is 4. The normalized spacial score (nSPS) is 11.2. The molecule has 0 amide bonds. The van der Waals surface area contributed by atoms with E-state index in [-0.39, 0.29) is 0 Å². The molecule has 7 heteroatoms. The second kappa shape index (κ2) is 6.82. The zero-order valence-electron chi connectivity index (χ0n) is 13.0. The van der Waals surface area contributed by atoms with E-state index >= 15 is 0 Å². The summed E-state index contributed by atoms with van der Waals surface area (Å²) in [5.41, 5.74) is 4.77. The van der Waals surface area contributed by atoms with Gasteiger partial charge in [-0.15, -0.1) is 0 Å². The van der Waals surface area contributed by atoms with Crippen molar-refractivity contribution in [1.82, 2.24) is 20.2 Å². The van der Waals surface area contributed by atoms with Crippen molar-refractivity contribution in [2.24, 2.45) is 5.10 Å². The molecule has 3 aromatic carbocycles. The van der Waals surface area contributed by atoms with Gasteiger partial charge in [0.1, 0.15) is 0 Å². The molecule has 0 radical (unpaired) electrons. The molecule has 0 saturated heterocycles. The average Bonchev–Trinajstić information content (AvgIpc) is 3.11. The maximum Gasteiger partial charge on any atom is 0.268 e. The highest BCUT2D eigenvalue weighted by Gasteiger charge is 2.10. The van der Waals surface area contributed by atoms with Crippen LogP contribution in [0.2, 0.25) is 0 Å². The third-order valence-corrected chi connectivity index (χ3v) is 4.24. The van der Waals surface area contributed by atoms with Gasteiger partial charge < -0.3 is 0 Å². The SMILES string of the molecule is Brc1ccc(/C=N/Nc2nnnn2-c2cccc3ccccc23)cc1. The van der Waals surface area contributed by atoms with Gasteiger partial charge in [-0.25, -0.2) is 5.43 Å². The average molecular weight is 393 g/mol. The van der Waals surface area contributed by atoms with Crippen LogP contribution in [0, 0.1) is 0 Å². The summed E-state index contributed by atoms with van der Waals surface area (Å²) in [4.78, 5) is 0. The maximum absolute atomic E-state index is 4.23. The Hall–Kier alpha value is -3.06. The molecule has 4 aromatic rings. The monoisotopic (exact) mass is 392 g/mol. The summed E-state index contributed by atoms with van der Waals surface area (Å²) in [5.74, 6) is 0.449. The first kappa shape index (κ1) is 15.5. The Morgan fingerprint density at radius 2 is 1.76 bits per heavy atom. The fourth-order valence-corrected chi connectivity index (χ4v) is 2.79. The number of rotatable bonds is 4. The fraction of sp³-hybridized carbons (Fsp3) is 0. The molecular formula is C18H13BrN6. The Kier molecular flexibility index (Phi) is 4.22. The van der Waals surface area contributed by atoms with Crippen LogP contribution in [0.4, 0.5) is 5.95 Å². The molecule has 0 saturated carbocycles. The number of benzene rings is 3. The first-order valence-corrected chi connectivity index (χ1v) is 8.42. The number of fused-ring (bicyclic) bond motifs is 1. The first-order valence-electron chi connectivity index (χ1n) is 7.62. The van der Waals surface area contributed by atoms with Crippen LogP contribution in [0.3, 0.4) is 0 Å². The molecule has 1 aromatic heterocycles. The van der Waals surface area contributed by atoms with Crippen LogP contribution >= 0.6 is 15.9 Å². The zero-order valence-corrected chi connectivity index (χ0v) is 14.6. The van der Waals surface area contributed by atoms with Crippen LogP contribution in [-0.4, -0.2) is 26.4 Å². The Labute approximate surface area is 152 Å². The Bertz CT molecular complexity index is 1030.